The first-order valence-electron chi connectivity index (χ1n) is 18.3. The topological polar surface area (TPSA) is 46.5 Å². The first-order valence-corrected chi connectivity index (χ1v) is 18.3. The molecule has 256 valence electrons. The molecule has 0 saturated heterocycles. The van der Waals surface area contributed by atoms with Crippen LogP contribution in [0.5, 0.6) is 0 Å². The smallest absolute Gasteiger partial charge is 0.0924 e. The molecule has 0 saturated carbocycles. The molecular formula is C48H44N4. The van der Waals surface area contributed by atoms with Crippen molar-refractivity contribution in [3.8, 4) is 28.1 Å². The van der Waals surface area contributed by atoms with Crippen LogP contribution in [-0.4, -0.2) is 19.7 Å². The molecule has 4 heteroatoms. The van der Waals surface area contributed by atoms with E-state index in [1.54, 1.807) is 0 Å². The third kappa shape index (κ3) is 4.81. The van der Waals surface area contributed by atoms with Crippen LogP contribution < -0.4 is 0 Å². The summed E-state index contributed by atoms with van der Waals surface area (Å²) >= 11 is 0. The molecule has 1 aliphatic rings. The normalized spacial score (nSPS) is 13.8. The van der Waals surface area contributed by atoms with Crippen LogP contribution in [0.3, 0.4) is 0 Å². The molecule has 0 amide bonds. The minimum Gasteiger partial charge on any atom is -0.309 e. The van der Waals surface area contributed by atoms with Gasteiger partial charge < -0.3 is 4.57 Å². The summed E-state index contributed by atoms with van der Waals surface area (Å²) in [4.78, 5) is 5.22. The molecule has 0 atom stereocenters. The van der Waals surface area contributed by atoms with Gasteiger partial charge in [0.1, 0.15) is 0 Å². The van der Waals surface area contributed by atoms with Gasteiger partial charge in [0.2, 0.25) is 0 Å². The Labute approximate surface area is 306 Å². The molecule has 3 heterocycles. The molecular weight excluding hydrogens is 633 g/mol. The SMILES string of the molecule is Cc1cc(-c2cccc(-n3c4ccccc4c4ccc(C5(c6ccccn6)c6cc(C(C)(C)C)ccc6-c6ccc(C(C)(C)C)cc65)cc43)c2)n[nH]1. The number of hydrogen-bond acceptors (Lipinski definition) is 2. The molecule has 1 aliphatic carbocycles. The zero-order valence-electron chi connectivity index (χ0n) is 31.0. The van der Waals surface area contributed by atoms with Gasteiger partial charge in [0.15, 0.2) is 0 Å². The van der Waals surface area contributed by atoms with Crippen molar-refractivity contribution in [2.75, 3.05) is 0 Å². The number of rotatable bonds is 4. The largest absolute Gasteiger partial charge is 0.309 e. The van der Waals surface area contributed by atoms with Gasteiger partial charge in [0, 0.05) is 33.9 Å². The van der Waals surface area contributed by atoms with Crippen molar-refractivity contribution in [2.45, 2.75) is 64.7 Å². The van der Waals surface area contributed by atoms with Crippen LogP contribution in [0.1, 0.15) is 80.7 Å². The van der Waals surface area contributed by atoms with Crippen molar-refractivity contribution in [1.29, 1.82) is 0 Å². The van der Waals surface area contributed by atoms with E-state index in [4.69, 9.17) is 4.98 Å². The number of fused-ring (bicyclic) bond motifs is 6. The second kappa shape index (κ2) is 11.4. The summed E-state index contributed by atoms with van der Waals surface area (Å²) in [5.74, 6) is 0. The number of pyridine rings is 1. The maximum Gasteiger partial charge on any atom is 0.0924 e. The van der Waals surface area contributed by atoms with Crippen molar-refractivity contribution in [2.24, 2.45) is 0 Å². The van der Waals surface area contributed by atoms with Crippen LogP contribution in [0.25, 0.3) is 49.9 Å². The molecule has 9 rings (SSSR count). The lowest BCUT2D eigenvalue weighted by atomic mass is 9.68. The summed E-state index contributed by atoms with van der Waals surface area (Å²) < 4.78 is 2.43. The summed E-state index contributed by atoms with van der Waals surface area (Å²) in [6.07, 6.45) is 1.95. The van der Waals surface area contributed by atoms with Gasteiger partial charge in [-0.1, -0.05) is 126 Å². The highest BCUT2D eigenvalue weighted by atomic mass is 15.1. The van der Waals surface area contributed by atoms with E-state index in [0.29, 0.717) is 0 Å². The lowest BCUT2D eigenvalue weighted by Crippen LogP contribution is -2.30. The van der Waals surface area contributed by atoms with Gasteiger partial charge in [-0.2, -0.15) is 5.10 Å². The van der Waals surface area contributed by atoms with E-state index in [9.17, 15) is 0 Å². The number of aryl methyl sites for hydroxylation is 1. The average Bonchev–Trinajstić information content (AvgIpc) is 3.81. The Hall–Kier alpha value is -5.74. The van der Waals surface area contributed by atoms with Crippen molar-refractivity contribution >= 4 is 21.8 Å². The fraction of sp³-hybridized carbons (Fsp3) is 0.208. The Morgan fingerprint density at radius 3 is 1.90 bits per heavy atom. The molecule has 5 aromatic carbocycles. The summed E-state index contributed by atoms with van der Waals surface area (Å²) in [6, 6.07) is 47.4. The number of aromatic amines is 1. The Balaban J connectivity index is 1.40. The van der Waals surface area contributed by atoms with E-state index in [-0.39, 0.29) is 10.8 Å². The number of benzene rings is 5. The highest BCUT2D eigenvalue weighted by Gasteiger charge is 2.48. The highest BCUT2D eigenvalue weighted by molar-refractivity contribution is 6.09. The van der Waals surface area contributed by atoms with E-state index in [1.807, 2.05) is 19.2 Å². The fourth-order valence-electron chi connectivity index (χ4n) is 8.43. The molecule has 4 nitrogen and oxygen atoms in total. The maximum atomic E-state index is 5.22. The van der Waals surface area contributed by atoms with Crippen LogP contribution in [-0.2, 0) is 16.2 Å². The summed E-state index contributed by atoms with van der Waals surface area (Å²) in [7, 11) is 0. The minimum absolute atomic E-state index is 0.0233. The van der Waals surface area contributed by atoms with Crippen molar-refractivity contribution in [3.63, 3.8) is 0 Å². The number of hydrogen-bond donors (Lipinski definition) is 1. The van der Waals surface area contributed by atoms with Gasteiger partial charge in [-0.25, -0.2) is 0 Å². The van der Waals surface area contributed by atoms with Crippen LogP contribution in [0.2, 0.25) is 0 Å². The Morgan fingerprint density at radius 1 is 0.596 bits per heavy atom. The summed E-state index contributed by atoms with van der Waals surface area (Å²) in [6.45, 7) is 15.9. The second-order valence-corrected chi connectivity index (χ2v) is 16.6. The van der Waals surface area contributed by atoms with Crippen LogP contribution in [0, 0.1) is 6.92 Å². The summed E-state index contributed by atoms with van der Waals surface area (Å²) in [5.41, 5.74) is 15.8. The van der Waals surface area contributed by atoms with E-state index < -0.39 is 5.41 Å². The van der Waals surface area contributed by atoms with Crippen molar-refractivity contribution in [3.05, 3.63) is 173 Å². The van der Waals surface area contributed by atoms with Crippen molar-refractivity contribution < 1.29 is 0 Å². The molecule has 0 radical (unpaired) electrons. The molecule has 8 aromatic rings. The van der Waals surface area contributed by atoms with E-state index in [2.05, 4.69) is 178 Å². The van der Waals surface area contributed by atoms with Gasteiger partial charge in [-0.05, 0) is 99.2 Å². The van der Waals surface area contributed by atoms with Gasteiger partial charge in [0.05, 0.1) is 27.8 Å². The predicted molar refractivity (Wildman–Crippen MR) is 216 cm³/mol. The van der Waals surface area contributed by atoms with E-state index in [1.165, 1.54) is 60.8 Å². The minimum atomic E-state index is -0.641. The van der Waals surface area contributed by atoms with E-state index in [0.717, 1.165) is 28.3 Å². The quantitative estimate of drug-likeness (QED) is 0.202. The van der Waals surface area contributed by atoms with Crippen LogP contribution in [0.15, 0.2) is 134 Å². The van der Waals surface area contributed by atoms with Crippen molar-refractivity contribution in [1.82, 2.24) is 19.7 Å². The molecule has 1 N–H and O–H groups in total. The predicted octanol–water partition coefficient (Wildman–Crippen LogP) is 11.8. The number of nitrogens with zero attached hydrogens (tertiary/aromatic N) is 3. The third-order valence-electron chi connectivity index (χ3n) is 11.1. The maximum absolute atomic E-state index is 5.22. The van der Waals surface area contributed by atoms with Gasteiger partial charge in [0.25, 0.3) is 0 Å². The molecule has 0 aliphatic heterocycles. The lowest BCUT2D eigenvalue weighted by molar-refractivity contribution is 0.585. The zero-order valence-corrected chi connectivity index (χ0v) is 31.0. The zero-order chi connectivity index (χ0) is 36.0. The molecule has 52 heavy (non-hydrogen) atoms. The third-order valence-corrected chi connectivity index (χ3v) is 11.1. The van der Waals surface area contributed by atoms with Gasteiger partial charge in [-0.15, -0.1) is 0 Å². The fourth-order valence-corrected chi connectivity index (χ4v) is 8.43. The monoisotopic (exact) mass is 676 g/mol. The lowest BCUT2D eigenvalue weighted by Gasteiger charge is -2.34. The van der Waals surface area contributed by atoms with Gasteiger partial charge >= 0.3 is 0 Å². The number of nitrogens with one attached hydrogen (secondary N) is 1. The molecule has 0 unspecified atom stereocenters. The Morgan fingerprint density at radius 2 is 1.27 bits per heavy atom. The molecule has 0 fully saturated rings. The molecule has 3 aromatic heterocycles. The average molecular weight is 677 g/mol. The van der Waals surface area contributed by atoms with Crippen LogP contribution in [0.4, 0.5) is 0 Å². The molecule has 0 spiro atoms. The second-order valence-electron chi connectivity index (χ2n) is 16.6. The first-order chi connectivity index (χ1) is 24.9. The standard InChI is InChI=1S/C48H44N4/c1-30-25-42(51-50-30)31-13-12-14-35(26-31)52-43-16-9-8-15-38(43)39-23-20-34(29-44(39)52)48(45-17-10-11-24-49-45)40-27-32(46(2,3)4)18-21-36(40)37-22-19-33(28-41(37)48)47(5,6)7/h8-29H,1-7H3,(H,50,51). The number of H-pyrrole nitrogens is 1. The summed E-state index contributed by atoms with van der Waals surface area (Å²) in [5, 5.41) is 10.2. The number of para-hydroxylation sites is 1. The first kappa shape index (κ1) is 32.2. The molecule has 0 bridgehead atoms. The highest BCUT2D eigenvalue weighted by Crippen LogP contribution is 2.57. The number of aromatic nitrogens is 4. The van der Waals surface area contributed by atoms with Gasteiger partial charge in [-0.3, -0.25) is 10.1 Å². The van der Waals surface area contributed by atoms with E-state index >= 15 is 0 Å². The Bertz CT molecular complexity index is 2600. The Kier molecular flexibility index (Phi) is 7.05. The van der Waals surface area contributed by atoms with Crippen LogP contribution >= 0.6 is 0 Å².